The second kappa shape index (κ2) is 7.85. The minimum atomic E-state index is -0.507. The van der Waals surface area contributed by atoms with Crippen LogP contribution in [0.25, 0.3) is 0 Å². The number of carbonyl (C=O) groups is 1. The first kappa shape index (κ1) is 16.4. The molecule has 1 unspecified atom stereocenters. The molecule has 0 fully saturated rings. The SMILES string of the molecule is CCC(Oc1cccc(Cl)c1)C(=O)N(C)Cc1ccccc1. The first-order chi connectivity index (χ1) is 10.6. The molecule has 0 aliphatic carbocycles. The minimum Gasteiger partial charge on any atom is -0.481 e. The van der Waals surface area contributed by atoms with E-state index in [4.69, 9.17) is 16.3 Å². The highest BCUT2D eigenvalue weighted by Gasteiger charge is 2.22. The van der Waals surface area contributed by atoms with Gasteiger partial charge in [0.05, 0.1) is 0 Å². The molecular weight excluding hydrogens is 298 g/mol. The van der Waals surface area contributed by atoms with Crippen LogP contribution in [0.4, 0.5) is 0 Å². The van der Waals surface area contributed by atoms with Crippen LogP contribution in [-0.4, -0.2) is 24.0 Å². The van der Waals surface area contributed by atoms with E-state index in [-0.39, 0.29) is 5.91 Å². The predicted octanol–water partition coefficient (Wildman–Crippen LogP) is 4.16. The van der Waals surface area contributed by atoms with Crippen molar-refractivity contribution in [3.8, 4) is 5.75 Å². The monoisotopic (exact) mass is 317 g/mol. The lowest BCUT2D eigenvalue weighted by atomic mass is 10.2. The quantitative estimate of drug-likeness (QED) is 0.800. The van der Waals surface area contributed by atoms with Crippen LogP contribution in [0, 0.1) is 0 Å². The molecule has 0 heterocycles. The first-order valence-corrected chi connectivity index (χ1v) is 7.69. The summed E-state index contributed by atoms with van der Waals surface area (Å²) in [7, 11) is 1.79. The van der Waals surface area contributed by atoms with Crippen LogP contribution in [0.5, 0.6) is 5.75 Å². The summed E-state index contributed by atoms with van der Waals surface area (Å²) >= 11 is 5.95. The van der Waals surface area contributed by atoms with E-state index in [1.165, 1.54) is 0 Å². The predicted molar refractivity (Wildman–Crippen MR) is 89.1 cm³/mol. The van der Waals surface area contributed by atoms with Crippen molar-refractivity contribution < 1.29 is 9.53 Å². The normalized spacial score (nSPS) is 11.8. The Bertz CT molecular complexity index is 615. The van der Waals surface area contributed by atoms with Crippen molar-refractivity contribution in [2.24, 2.45) is 0 Å². The van der Waals surface area contributed by atoms with E-state index in [2.05, 4.69) is 0 Å². The molecule has 3 nitrogen and oxygen atoms in total. The average Bonchev–Trinajstić information content (AvgIpc) is 2.53. The molecular formula is C18H20ClNO2. The molecule has 0 aliphatic rings. The standard InChI is InChI=1S/C18H20ClNO2/c1-3-17(22-16-11-7-10-15(19)12-16)18(21)20(2)13-14-8-5-4-6-9-14/h4-12,17H,3,13H2,1-2H3. The highest BCUT2D eigenvalue weighted by Crippen LogP contribution is 2.20. The summed E-state index contributed by atoms with van der Waals surface area (Å²) in [6, 6.07) is 17.0. The maximum absolute atomic E-state index is 12.5. The fourth-order valence-corrected chi connectivity index (χ4v) is 2.37. The fraction of sp³-hybridized carbons (Fsp3) is 0.278. The van der Waals surface area contributed by atoms with Gasteiger partial charge in [0.25, 0.3) is 5.91 Å². The van der Waals surface area contributed by atoms with Gasteiger partial charge in [-0.05, 0) is 30.2 Å². The number of benzene rings is 2. The van der Waals surface area contributed by atoms with Crippen LogP contribution in [0.1, 0.15) is 18.9 Å². The Morgan fingerprint density at radius 2 is 1.91 bits per heavy atom. The summed E-state index contributed by atoms with van der Waals surface area (Å²) in [5.41, 5.74) is 1.09. The van der Waals surface area contributed by atoms with Crippen LogP contribution in [0.2, 0.25) is 5.02 Å². The van der Waals surface area contributed by atoms with Gasteiger partial charge in [-0.25, -0.2) is 0 Å². The molecule has 2 aromatic rings. The topological polar surface area (TPSA) is 29.5 Å². The van der Waals surface area contributed by atoms with Gasteiger partial charge >= 0.3 is 0 Å². The van der Waals surface area contributed by atoms with Crippen LogP contribution in [-0.2, 0) is 11.3 Å². The summed E-state index contributed by atoms with van der Waals surface area (Å²) in [4.78, 5) is 14.2. The van der Waals surface area contributed by atoms with E-state index in [9.17, 15) is 4.79 Å². The van der Waals surface area contributed by atoms with Crippen LogP contribution < -0.4 is 4.74 Å². The number of hydrogen-bond acceptors (Lipinski definition) is 2. The van der Waals surface area contributed by atoms with Gasteiger partial charge in [-0.15, -0.1) is 0 Å². The van der Waals surface area contributed by atoms with Crippen molar-refractivity contribution in [1.29, 1.82) is 0 Å². The van der Waals surface area contributed by atoms with E-state index in [0.29, 0.717) is 23.7 Å². The van der Waals surface area contributed by atoms with E-state index < -0.39 is 6.10 Å². The van der Waals surface area contributed by atoms with Crippen molar-refractivity contribution >= 4 is 17.5 Å². The lowest BCUT2D eigenvalue weighted by Crippen LogP contribution is -2.39. The summed E-state index contributed by atoms with van der Waals surface area (Å²) < 4.78 is 5.79. The van der Waals surface area contributed by atoms with Crippen molar-refractivity contribution in [2.75, 3.05) is 7.05 Å². The molecule has 1 amide bonds. The van der Waals surface area contributed by atoms with Gasteiger partial charge in [-0.1, -0.05) is 54.9 Å². The molecule has 2 rings (SSSR count). The second-order valence-electron chi connectivity index (χ2n) is 5.15. The van der Waals surface area contributed by atoms with Gasteiger partial charge in [0.1, 0.15) is 5.75 Å². The molecule has 4 heteroatoms. The highest BCUT2D eigenvalue weighted by atomic mass is 35.5. The molecule has 0 bridgehead atoms. The smallest absolute Gasteiger partial charge is 0.263 e. The number of likely N-dealkylation sites (N-methyl/N-ethyl adjacent to an activating group) is 1. The van der Waals surface area contributed by atoms with Crippen LogP contribution in [0.3, 0.4) is 0 Å². The van der Waals surface area contributed by atoms with Gasteiger partial charge < -0.3 is 9.64 Å². The van der Waals surface area contributed by atoms with E-state index in [1.54, 1.807) is 30.1 Å². The summed E-state index contributed by atoms with van der Waals surface area (Å²) in [5, 5.41) is 0.595. The average molecular weight is 318 g/mol. The molecule has 2 aromatic carbocycles. The lowest BCUT2D eigenvalue weighted by Gasteiger charge is -2.24. The van der Waals surface area contributed by atoms with Crippen molar-refractivity contribution in [1.82, 2.24) is 4.90 Å². The van der Waals surface area contributed by atoms with E-state index in [0.717, 1.165) is 5.56 Å². The molecule has 0 N–H and O–H groups in total. The summed E-state index contributed by atoms with van der Waals surface area (Å²) in [6.07, 6.45) is 0.0944. The Morgan fingerprint density at radius 1 is 1.18 bits per heavy atom. The Labute approximate surface area is 136 Å². The van der Waals surface area contributed by atoms with Gasteiger partial charge in [-0.2, -0.15) is 0 Å². The maximum atomic E-state index is 12.5. The Morgan fingerprint density at radius 3 is 2.55 bits per heavy atom. The summed E-state index contributed by atoms with van der Waals surface area (Å²) in [5.74, 6) is 0.576. The minimum absolute atomic E-state index is 0.0358. The lowest BCUT2D eigenvalue weighted by molar-refractivity contribution is -0.138. The third-order valence-electron chi connectivity index (χ3n) is 3.36. The van der Waals surface area contributed by atoms with Crippen LogP contribution >= 0.6 is 11.6 Å². The first-order valence-electron chi connectivity index (χ1n) is 7.31. The summed E-state index contributed by atoms with van der Waals surface area (Å²) in [6.45, 7) is 2.50. The molecule has 0 aliphatic heterocycles. The zero-order chi connectivity index (χ0) is 15.9. The molecule has 0 saturated heterocycles. The number of halogens is 1. The number of carbonyl (C=O) groups excluding carboxylic acids is 1. The number of ether oxygens (including phenoxy) is 1. The molecule has 0 spiro atoms. The zero-order valence-corrected chi connectivity index (χ0v) is 13.6. The Hall–Kier alpha value is -2.00. The fourth-order valence-electron chi connectivity index (χ4n) is 2.19. The molecule has 0 radical (unpaired) electrons. The third kappa shape index (κ3) is 4.50. The van der Waals surface area contributed by atoms with Gasteiger partial charge in [0, 0.05) is 18.6 Å². The molecule has 116 valence electrons. The van der Waals surface area contributed by atoms with Crippen molar-refractivity contribution in [3.63, 3.8) is 0 Å². The number of nitrogens with zero attached hydrogens (tertiary/aromatic N) is 1. The highest BCUT2D eigenvalue weighted by molar-refractivity contribution is 6.30. The Balaban J connectivity index is 2.01. The number of hydrogen-bond donors (Lipinski definition) is 0. The van der Waals surface area contributed by atoms with Gasteiger partial charge in [0.15, 0.2) is 6.10 Å². The molecule has 0 aromatic heterocycles. The van der Waals surface area contributed by atoms with Crippen LogP contribution in [0.15, 0.2) is 54.6 Å². The van der Waals surface area contributed by atoms with Crippen molar-refractivity contribution in [3.05, 3.63) is 65.2 Å². The number of rotatable bonds is 6. The maximum Gasteiger partial charge on any atom is 0.263 e. The van der Waals surface area contributed by atoms with E-state index >= 15 is 0 Å². The third-order valence-corrected chi connectivity index (χ3v) is 3.59. The second-order valence-corrected chi connectivity index (χ2v) is 5.59. The van der Waals surface area contributed by atoms with Crippen molar-refractivity contribution in [2.45, 2.75) is 26.0 Å². The van der Waals surface area contributed by atoms with Gasteiger partial charge in [-0.3, -0.25) is 4.79 Å². The molecule has 0 saturated carbocycles. The molecule has 1 atom stereocenters. The van der Waals surface area contributed by atoms with E-state index in [1.807, 2.05) is 43.3 Å². The zero-order valence-electron chi connectivity index (χ0n) is 12.8. The Kier molecular flexibility index (Phi) is 5.84. The molecule has 22 heavy (non-hydrogen) atoms. The largest absolute Gasteiger partial charge is 0.481 e. The van der Waals surface area contributed by atoms with Gasteiger partial charge in [0.2, 0.25) is 0 Å². The number of amides is 1.